The molecule has 8 unspecified atom stereocenters. The summed E-state index contributed by atoms with van der Waals surface area (Å²) in [5.41, 5.74) is 10.3. The monoisotopic (exact) mass is 1620 g/mol. The van der Waals surface area contributed by atoms with E-state index in [2.05, 4.69) is 65.2 Å². The van der Waals surface area contributed by atoms with Crippen molar-refractivity contribution in [1.82, 2.24) is 76.7 Å². The number of isothiocyanates is 1. The smallest absolute Gasteiger partial charge is 0.317 e. The van der Waals surface area contributed by atoms with Crippen molar-refractivity contribution in [2.24, 2.45) is 10.8 Å². The van der Waals surface area contributed by atoms with E-state index in [4.69, 9.17) is 18.1 Å². The van der Waals surface area contributed by atoms with Gasteiger partial charge in [0.2, 0.25) is 11.8 Å². The van der Waals surface area contributed by atoms with Gasteiger partial charge in [0.1, 0.15) is 0 Å². The molecule has 6 saturated heterocycles. The third-order valence-corrected chi connectivity index (χ3v) is 22.4. The number of amides is 6. The van der Waals surface area contributed by atoms with E-state index in [0.717, 1.165) is 54.7 Å². The molecule has 0 aromatic heterocycles. The van der Waals surface area contributed by atoms with E-state index in [-0.39, 0.29) is 197 Å². The first-order valence-electron chi connectivity index (χ1n) is 36.0. The maximum Gasteiger partial charge on any atom is 0.317 e. The number of carboxylic acid groups (broad SMARTS) is 8. The number of anilines is 1. The molecule has 6 heterocycles. The van der Waals surface area contributed by atoms with Crippen molar-refractivity contribution in [2.45, 2.75) is 111 Å². The summed E-state index contributed by atoms with van der Waals surface area (Å²) in [4.78, 5) is 157. The number of rotatable bonds is 32. The summed E-state index contributed by atoms with van der Waals surface area (Å²) in [5.74, 6) is -1.97. The molecule has 6 aliphatic heterocycles. The molecule has 6 fully saturated rings. The third kappa shape index (κ3) is 34.4. The highest BCUT2D eigenvalue weighted by atomic mass is 32.2. The summed E-state index contributed by atoms with van der Waals surface area (Å²) in [7, 11) is 0. The summed E-state index contributed by atoms with van der Waals surface area (Å²) in [6.45, 7) is 0.567. The Kier molecular flexibility index (Phi) is 39.2. The standard InChI is InChI=1S/C34H51N9O10S2.C24H33N5O8S.C10H18N4O2S/c44-27(4-2-1-3-26-32-25(21-55-26)36-33(53)37-32)38-39-34(54)35-23-7-5-22(6-8-23)15-24-16-42(19-30(49)50)12-11-40(17-28(45)46)9-10-41(18-29(47)48)13-14-43(24)20-31(51)52;30-21(31)13-26-5-6-27(14-22(32)33)9-10-29(16-24(36)37)20(12-28(8-7-26)15-23(34)35)11-18-1-3-19(4-2-18)25-17-38;11-14-8(15)4-2-1-3-7-9-6(5-17-7)12-10(16)13-9/h5-8,24-26,32H,1-4,9-21H2,(H,38,44)(H,45,46)(H,47,48)(H,49,50)(H,51,52)(H2,35,39,54)(H2,36,37,53);1-4,20H,5-16H2,(H,30,31)(H,32,33)(H,34,35)(H,36,37);6-7,9H,1-5,11H2,(H,14,15)(H2,12,13,16). The van der Waals surface area contributed by atoms with Gasteiger partial charge in [0, 0.05) is 144 Å². The molecule has 0 bridgehead atoms. The number of nitrogens with two attached hydrogens (primary N) is 1. The molecule has 2 aromatic carbocycles. The molecule has 6 amide bonds. The zero-order valence-corrected chi connectivity index (χ0v) is 64.3. The highest BCUT2D eigenvalue weighted by molar-refractivity contribution is 8.00. The fraction of sp³-hybridized carbons (Fsp3) is 0.618. The van der Waals surface area contributed by atoms with Crippen LogP contribution in [0.4, 0.5) is 21.0 Å². The number of thioether (sulfide) groups is 2. The number of hydrogen-bond acceptors (Lipinski definition) is 26. The molecule has 2 aromatic rings. The largest absolute Gasteiger partial charge is 0.480 e. The van der Waals surface area contributed by atoms with Gasteiger partial charge in [-0.1, -0.05) is 37.1 Å². The van der Waals surface area contributed by atoms with Gasteiger partial charge in [-0.2, -0.15) is 28.5 Å². The number of hydrazine groups is 2. The van der Waals surface area contributed by atoms with Gasteiger partial charge in [0.25, 0.3) is 0 Å². The van der Waals surface area contributed by atoms with Gasteiger partial charge < -0.3 is 67.4 Å². The minimum atomic E-state index is -1.09. The topological polar surface area (TPSA) is 527 Å². The Labute approximate surface area is 655 Å². The Balaban J connectivity index is 0.000000294. The Hall–Kier alpha value is -8.49. The van der Waals surface area contributed by atoms with Crippen LogP contribution in [-0.2, 0) is 60.8 Å². The molecular weight excluding hydrogens is 1520 g/mol. The van der Waals surface area contributed by atoms with E-state index < -0.39 is 59.8 Å². The lowest BCUT2D eigenvalue weighted by Crippen LogP contribution is -2.53. The Morgan fingerprint density at radius 1 is 0.464 bits per heavy atom. The van der Waals surface area contributed by atoms with Crippen molar-refractivity contribution in [3.8, 4) is 0 Å². The Morgan fingerprint density at radius 2 is 0.809 bits per heavy atom. The van der Waals surface area contributed by atoms with Gasteiger partial charge in [-0.15, -0.1) is 0 Å². The van der Waals surface area contributed by atoms with Crippen molar-refractivity contribution < 1.29 is 98.4 Å². The van der Waals surface area contributed by atoms with Crippen LogP contribution in [0.2, 0.25) is 0 Å². The van der Waals surface area contributed by atoms with Crippen LogP contribution < -0.4 is 48.7 Å². The number of fused-ring (bicyclic) bond motifs is 2. The number of carbonyl (C=O) groups is 12. The molecule has 8 rings (SSSR count). The van der Waals surface area contributed by atoms with Crippen molar-refractivity contribution in [1.29, 1.82) is 0 Å². The van der Waals surface area contributed by atoms with E-state index in [1.165, 1.54) is 0 Å². The molecule has 0 radical (unpaired) electrons. The van der Waals surface area contributed by atoms with Gasteiger partial charge in [-0.3, -0.25) is 103 Å². The normalized spacial score (nSPS) is 22.8. The molecule has 38 nitrogen and oxygen atoms in total. The summed E-state index contributed by atoms with van der Waals surface area (Å²) in [5, 5.41) is 94.3. The molecule has 0 saturated carbocycles. The van der Waals surface area contributed by atoms with E-state index in [0.29, 0.717) is 54.0 Å². The molecular formula is C68H102N18O20S4. The van der Waals surface area contributed by atoms with Crippen molar-refractivity contribution in [3.63, 3.8) is 0 Å². The predicted molar refractivity (Wildman–Crippen MR) is 413 cm³/mol. The first kappa shape index (κ1) is 90.4. The second kappa shape index (κ2) is 47.7. The van der Waals surface area contributed by atoms with Gasteiger partial charge >= 0.3 is 59.8 Å². The third-order valence-electron chi connectivity index (χ3n) is 19.0. The lowest BCUT2D eigenvalue weighted by molar-refractivity contribution is -0.142. The second-order valence-electron chi connectivity index (χ2n) is 27.4. The second-order valence-corrected chi connectivity index (χ2v) is 30.5. The lowest BCUT2D eigenvalue weighted by atomic mass is 10.0. The highest BCUT2D eigenvalue weighted by Crippen LogP contribution is 2.34. The number of urea groups is 2. The average Bonchev–Trinajstić information content (AvgIpc) is 1.67. The number of benzene rings is 2. The zero-order chi connectivity index (χ0) is 80.2. The van der Waals surface area contributed by atoms with Crippen LogP contribution in [0.5, 0.6) is 0 Å². The molecule has 0 spiro atoms. The summed E-state index contributed by atoms with van der Waals surface area (Å²) in [6.07, 6.45) is 6.81. The van der Waals surface area contributed by atoms with Crippen LogP contribution in [0.1, 0.15) is 62.5 Å². The number of aliphatic carboxylic acids is 8. The zero-order valence-electron chi connectivity index (χ0n) is 61.0. The maximum atomic E-state index is 12.4. The number of thiocarbonyl (C=S) groups is 2. The van der Waals surface area contributed by atoms with E-state index >= 15 is 0 Å². The van der Waals surface area contributed by atoms with Gasteiger partial charge in [0.15, 0.2) is 5.11 Å². The molecule has 6 aliphatic rings. The Bertz CT molecular complexity index is 3490. The van der Waals surface area contributed by atoms with Crippen LogP contribution >= 0.6 is 48.0 Å². The molecule has 608 valence electrons. The number of carboxylic acids is 8. The van der Waals surface area contributed by atoms with Crippen LogP contribution in [0.25, 0.3) is 0 Å². The quantitative estimate of drug-likeness (QED) is 0.00778. The number of nitrogens with zero attached hydrogens (tertiary/aromatic N) is 9. The fourth-order valence-corrected chi connectivity index (χ4v) is 17.1. The van der Waals surface area contributed by atoms with Crippen LogP contribution in [0.3, 0.4) is 0 Å². The molecule has 42 heteroatoms. The van der Waals surface area contributed by atoms with Gasteiger partial charge in [0.05, 0.1) is 87.4 Å². The first-order chi connectivity index (χ1) is 52.5. The molecule has 8 atom stereocenters. The maximum absolute atomic E-state index is 12.4. The minimum absolute atomic E-state index is 0.0483. The Morgan fingerprint density at radius 3 is 1.17 bits per heavy atom. The van der Waals surface area contributed by atoms with E-state index in [1.807, 2.05) is 47.8 Å². The van der Waals surface area contributed by atoms with Crippen molar-refractivity contribution in [3.05, 3.63) is 59.7 Å². The minimum Gasteiger partial charge on any atom is -0.480 e. The average molecular weight is 1620 g/mol. The number of unbranched alkanes of at least 4 members (excludes halogenated alkanes) is 2. The van der Waals surface area contributed by atoms with Crippen molar-refractivity contribution >= 4 is 141 Å². The summed E-state index contributed by atoms with van der Waals surface area (Å²) in [6, 6.07) is 14.1. The predicted octanol–water partition coefficient (Wildman–Crippen LogP) is -1.20. The summed E-state index contributed by atoms with van der Waals surface area (Å²) >= 11 is 13.7. The molecule has 18 N–H and O–H groups in total. The number of hydrogen-bond donors (Lipinski definition) is 17. The number of aliphatic imine (C=N–C) groups is 1. The van der Waals surface area contributed by atoms with Gasteiger partial charge in [-0.05, 0) is 98.4 Å². The van der Waals surface area contributed by atoms with Gasteiger partial charge in [-0.25, -0.2) is 15.4 Å². The SMILES string of the molecule is NNC(=O)CCCCC1SCC2NC(=O)NC21.O=C(O)CN1CCN(CC(=O)O)CCN(CC(=O)O)C(Cc2ccc(N=C=S)cc2)CN(CC(=O)O)CC1.O=C(O)CN1CCN(CC(=O)O)CCN(CC(=O)O)C(Cc2ccc(NC(=S)NNC(=O)CCCCC3SCC4NC(=O)NC43)cc2)CN(CC(=O)O)CC1. The first-order valence-corrected chi connectivity index (χ1v) is 39.0. The molecule has 110 heavy (non-hydrogen) atoms. The van der Waals surface area contributed by atoms with Crippen LogP contribution in [0.15, 0.2) is 53.5 Å². The van der Waals surface area contributed by atoms with E-state index in [1.54, 1.807) is 63.5 Å². The molecule has 0 aliphatic carbocycles. The fourth-order valence-electron chi connectivity index (χ4n) is 13.7. The lowest BCUT2D eigenvalue weighted by Gasteiger charge is -2.37. The van der Waals surface area contributed by atoms with Crippen LogP contribution in [0, 0.1) is 0 Å². The van der Waals surface area contributed by atoms with E-state index in [9.17, 15) is 98.4 Å². The van der Waals surface area contributed by atoms with Crippen LogP contribution in [-0.4, -0.2) is 364 Å². The highest BCUT2D eigenvalue weighted by Gasteiger charge is 2.44. The summed E-state index contributed by atoms with van der Waals surface area (Å²) < 4.78 is 0. The number of carbonyl (C=O) groups excluding carboxylic acids is 4. The van der Waals surface area contributed by atoms with Crippen molar-refractivity contribution in [2.75, 3.05) is 161 Å². The number of nitrogens with one attached hydrogen (secondary N) is 8.